The second kappa shape index (κ2) is 56.8. The van der Waals surface area contributed by atoms with Gasteiger partial charge < -0.3 is 24.9 Å². The van der Waals surface area contributed by atoms with E-state index in [2.05, 4.69) is 213 Å². The van der Waals surface area contributed by atoms with Gasteiger partial charge in [-0.05, 0) is 211 Å². The van der Waals surface area contributed by atoms with Gasteiger partial charge in [0.15, 0.2) is 0 Å². The Morgan fingerprint density at radius 3 is 1.00 bits per heavy atom. The number of pyridine rings is 5. The first-order chi connectivity index (χ1) is 61.4. The Kier molecular flexibility index (Phi) is 47.9. The first-order valence-electron chi connectivity index (χ1n) is 44.6. The standard InChI is InChI=1S/C24H26N.2C23H21F3N.C23H24N.C22H21FN.5Ir/c1-3-4-5-6-10-20-14-15-24(25-18-20)23-13-8-12-22(17-23)21-11-7-9-19(2)16-21;1-3-4-6-17-7-5-8-18(13-17)20-14-19(10-11-21(20)23(24,25)26)22-12-9-16(2)15-27-22;1-3-4-5-17-7-9-18(10-8-17)20-14-19(11-12-21(20)23(24,25)26)22-13-6-16(2)15-27-22;1-3-4-5-7-19-12-15-23(24-17-19)22-9-6-8-21(16-22)20-13-10-18(2)11-14-20;1-3-4-6-17-7-5-8-18(13-17)20-14-19(10-11-21(20)23)22-12-9-16(2)15-24-22;;;;;/h7-9,11-12,14-18H,3-6,10H2,1-2H3;5,7-9,11-15H,3-4,6H2,1-2H3;6-10,12-15H,3-5H2,1-2H3;6,8,10-17H,3-5,7H2,1-2H3;5,7-9,11-15H,3-4,6H2,1-2H3;;;;;/q5*-1;;;;;. The van der Waals surface area contributed by atoms with Crippen LogP contribution >= 0.6 is 0 Å². The minimum absolute atomic E-state index is 0. The zero-order valence-electron chi connectivity index (χ0n) is 76.4. The fourth-order valence-electron chi connectivity index (χ4n) is 14.7. The van der Waals surface area contributed by atoms with Gasteiger partial charge in [-0.1, -0.05) is 296 Å². The molecule has 132 heavy (non-hydrogen) atoms. The summed E-state index contributed by atoms with van der Waals surface area (Å²) < 4.78 is 95.7. The smallest absolute Gasteiger partial charge is 0.304 e. The van der Waals surface area contributed by atoms with Crippen LogP contribution in [0.3, 0.4) is 0 Å². The van der Waals surface area contributed by atoms with Gasteiger partial charge in [0.1, 0.15) is 0 Å². The monoisotopic (exact) mass is 2660 g/mol. The summed E-state index contributed by atoms with van der Waals surface area (Å²) in [4.78, 5) is 22.4. The third-order valence-corrected chi connectivity index (χ3v) is 22.1. The molecule has 5 aromatic heterocycles. The molecule has 0 fully saturated rings. The molecule has 0 saturated carbocycles. The summed E-state index contributed by atoms with van der Waals surface area (Å²) >= 11 is 0. The third kappa shape index (κ3) is 34.3. The number of hydrogen-bond acceptors (Lipinski definition) is 5. The minimum atomic E-state index is -4.44. The summed E-state index contributed by atoms with van der Waals surface area (Å²) in [7, 11) is 0. The van der Waals surface area contributed by atoms with Crippen LogP contribution in [0.15, 0.2) is 286 Å². The van der Waals surface area contributed by atoms with E-state index in [-0.39, 0.29) is 117 Å². The molecule has 15 aromatic rings. The molecular weight excluding hydrogens is 2550 g/mol. The van der Waals surface area contributed by atoms with Gasteiger partial charge in [-0.2, -0.15) is 26.3 Å². The van der Waals surface area contributed by atoms with Gasteiger partial charge in [-0.25, -0.2) is 0 Å². The first kappa shape index (κ1) is 111. The molecule has 0 atom stereocenters. The molecule has 15 rings (SSSR count). The summed E-state index contributed by atoms with van der Waals surface area (Å²) in [6.07, 6.45) is 20.9. The topological polar surface area (TPSA) is 64.5 Å². The van der Waals surface area contributed by atoms with E-state index < -0.39 is 23.5 Å². The largest absolute Gasteiger partial charge is 0.382 e. The zero-order valence-corrected chi connectivity index (χ0v) is 88.4. The summed E-state index contributed by atoms with van der Waals surface area (Å²) in [6, 6.07) is 96.1. The van der Waals surface area contributed by atoms with Crippen LogP contribution in [0.1, 0.15) is 185 Å². The SMILES string of the molecule is CCCCCCc1ccc(-c2[c-]ccc(-c3cccc(C)c3)c2)nc1.CCCCCc1ccc(-c2[c-]ccc(-c3ccc(C)cc3)c2)nc1.CCCCc1ccc(-c2cc(-c3ccc(C)cn3)[c-]cc2C(F)(F)F)cc1.CCCCc1cccc(-c2cc(-c3ccc(C)cn3)[c-]cc2C(F)(F)F)c1.CCCCc1cccc(-c2cc(-c3ccc(C)cn3)[c-]cc2F)c1.[Ir].[Ir].[Ir].[Ir].[Ir]. The molecule has 0 bridgehead atoms. The Bertz CT molecular complexity index is 5930. The van der Waals surface area contributed by atoms with Gasteiger partial charge in [0.2, 0.25) is 0 Å². The van der Waals surface area contributed by atoms with Crippen molar-refractivity contribution in [3.05, 3.63) is 389 Å². The summed E-state index contributed by atoms with van der Waals surface area (Å²) in [5.41, 5.74) is 26.2. The fourth-order valence-corrected chi connectivity index (χ4v) is 14.7. The Hall–Kier alpha value is -9.29. The van der Waals surface area contributed by atoms with Gasteiger partial charge in [0.05, 0.1) is 0 Å². The van der Waals surface area contributed by atoms with Crippen LogP contribution < -0.4 is 0 Å². The average Bonchev–Trinajstić information content (AvgIpc) is 0.799. The Morgan fingerprint density at radius 1 is 0.250 bits per heavy atom. The van der Waals surface area contributed by atoms with Crippen molar-refractivity contribution in [1.29, 1.82) is 0 Å². The zero-order chi connectivity index (χ0) is 90.1. The Balaban J connectivity index is 0.000000252. The number of benzene rings is 10. The molecule has 5 radical (unpaired) electrons. The molecule has 0 aliphatic carbocycles. The molecule has 0 unspecified atom stereocenters. The molecule has 0 aliphatic heterocycles. The molecule has 10 aromatic carbocycles. The number of alkyl halides is 6. The van der Waals surface area contributed by atoms with Crippen molar-refractivity contribution in [3.8, 4) is 112 Å². The second-order valence-corrected chi connectivity index (χ2v) is 32.6. The number of nitrogens with zero attached hydrogens (tertiary/aromatic N) is 5. The van der Waals surface area contributed by atoms with Crippen molar-refractivity contribution in [2.75, 3.05) is 0 Å². The summed E-state index contributed by atoms with van der Waals surface area (Å²) in [5.74, 6) is -0.251. The fraction of sp³-hybridized carbons (Fsp3) is 0.261. The van der Waals surface area contributed by atoms with Crippen LogP contribution in [0.25, 0.3) is 112 Å². The Morgan fingerprint density at radius 2 is 0.583 bits per heavy atom. The normalized spacial score (nSPS) is 10.7. The molecule has 697 valence electrons. The van der Waals surface area contributed by atoms with E-state index in [9.17, 15) is 30.7 Å². The van der Waals surface area contributed by atoms with Crippen LogP contribution in [-0.2, 0) is 145 Å². The molecule has 5 heterocycles. The summed E-state index contributed by atoms with van der Waals surface area (Å²) in [6.45, 7) is 20.9. The third-order valence-electron chi connectivity index (χ3n) is 22.1. The van der Waals surface area contributed by atoms with Crippen molar-refractivity contribution in [2.24, 2.45) is 0 Å². The van der Waals surface area contributed by atoms with Crippen molar-refractivity contribution in [2.45, 2.75) is 197 Å². The predicted octanol–water partition coefficient (Wildman–Crippen LogP) is 32.7. The molecule has 0 N–H and O–H groups in total. The number of hydrogen-bond donors (Lipinski definition) is 0. The number of aromatic nitrogens is 5. The van der Waals surface area contributed by atoms with Crippen molar-refractivity contribution in [1.82, 2.24) is 24.9 Å². The average molecular weight is 2660 g/mol. The maximum Gasteiger partial charge on any atom is 0.382 e. The minimum Gasteiger partial charge on any atom is -0.304 e. The van der Waals surface area contributed by atoms with Gasteiger partial charge in [0, 0.05) is 137 Å². The van der Waals surface area contributed by atoms with Gasteiger partial charge in [-0.15, -0.1) is 142 Å². The number of halogens is 7. The molecule has 17 heteroatoms. The van der Waals surface area contributed by atoms with E-state index in [0.29, 0.717) is 39.2 Å². The van der Waals surface area contributed by atoms with Gasteiger partial charge in [-0.3, -0.25) is 4.39 Å². The van der Waals surface area contributed by atoms with Crippen LogP contribution in [0.4, 0.5) is 30.7 Å². The maximum absolute atomic E-state index is 14.4. The van der Waals surface area contributed by atoms with E-state index in [1.807, 2.05) is 124 Å². The molecule has 0 aliphatic rings. The molecule has 0 spiro atoms. The number of aryl methyl sites for hydroxylation is 10. The number of rotatable bonds is 28. The molecule has 5 nitrogen and oxygen atoms in total. The Labute approximate surface area is 846 Å². The van der Waals surface area contributed by atoms with Crippen LogP contribution in [0.2, 0.25) is 0 Å². The number of unbranched alkanes of at least 4 members (excludes halogenated alkanes) is 8. The molecule has 0 amide bonds. The molecule has 0 saturated heterocycles. The van der Waals surface area contributed by atoms with E-state index in [0.717, 1.165) is 150 Å². The second-order valence-electron chi connectivity index (χ2n) is 32.6. The van der Waals surface area contributed by atoms with Crippen LogP contribution in [-0.4, -0.2) is 24.9 Å². The molecular formula is C115H113F7Ir5N5-5. The van der Waals surface area contributed by atoms with E-state index in [4.69, 9.17) is 0 Å². The van der Waals surface area contributed by atoms with Crippen LogP contribution in [0, 0.1) is 70.8 Å². The van der Waals surface area contributed by atoms with Crippen molar-refractivity contribution >= 4 is 0 Å². The van der Waals surface area contributed by atoms with Crippen molar-refractivity contribution < 1.29 is 131 Å². The quantitative estimate of drug-likeness (QED) is 0.0278. The van der Waals surface area contributed by atoms with Crippen LogP contribution in [0.5, 0.6) is 0 Å². The van der Waals surface area contributed by atoms with E-state index in [1.54, 1.807) is 48.8 Å². The van der Waals surface area contributed by atoms with Crippen molar-refractivity contribution in [3.63, 3.8) is 0 Å². The van der Waals surface area contributed by atoms with E-state index in [1.165, 1.54) is 107 Å². The van der Waals surface area contributed by atoms with Gasteiger partial charge >= 0.3 is 12.4 Å². The first-order valence-corrected chi connectivity index (χ1v) is 44.6. The van der Waals surface area contributed by atoms with Gasteiger partial charge in [0.25, 0.3) is 0 Å². The predicted molar refractivity (Wildman–Crippen MR) is 510 cm³/mol. The van der Waals surface area contributed by atoms with E-state index >= 15 is 0 Å². The maximum atomic E-state index is 14.4. The summed E-state index contributed by atoms with van der Waals surface area (Å²) in [5, 5.41) is 0.